The van der Waals surface area contributed by atoms with Gasteiger partial charge in [0, 0.05) is 54.5 Å². The summed E-state index contributed by atoms with van der Waals surface area (Å²) in [5, 5.41) is 9.81. The van der Waals surface area contributed by atoms with E-state index in [0.717, 1.165) is 50.6 Å². The lowest BCUT2D eigenvalue weighted by atomic mass is 10.1. The fraction of sp³-hybridized carbons (Fsp3) is 0. The molecule has 0 aliphatic rings. The second-order valence-electron chi connectivity index (χ2n) is 15.2. The maximum Gasteiger partial charge on any atom is 0.140 e. The summed E-state index contributed by atoms with van der Waals surface area (Å²) in [6.07, 6.45) is 0. The minimum Gasteiger partial charge on any atom is -0.309 e. The van der Waals surface area contributed by atoms with Crippen molar-refractivity contribution in [1.82, 2.24) is 23.3 Å². The first-order chi connectivity index (χ1) is 28.8. The van der Waals surface area contributed by atoms with Gasteiger partial charge in [-0.3, -0.25) is 9.13 Å². The number of para-hydroxylation sites is 6. The first-order valence-electron chi connectivity index (χ1n) is 19.8. The molecule has 0 radical (unpaired) electrons. The van der Waals surface area contributed by atoms with Crippen LogP contribution in [0.1, 0.15) is 0 Å². The molecule has 5 nitrogen and oxygen atoms in total. The molecule has 8 aromatic carbocycles. The molecule has 0 aliphatic heterocycles. The smallest absolute Gasteiger partial charge is 0.140 e. The number of aromatic nitrogens is 5. The van der Waals surface area contributed by atoms with Gasteiger partial charge < -0.3 is 9.13 Å². The zero-order chi connectivity index (χ0) is 37.9. The Balaban J connectivity index is 1.07. The molecule has 0 saturated heterocycles. The highest BCUT2D eigenvalue weighted by molar-refractivity contribution is 6.19. The molecule has 0 unspecified atom stereocenters. The third kappa shape index (κ3) is 4.27. The summed E-state index contributed by atoms with van der Waals surface area (Å²) in [7, 11) is 0. The summed E-state index contributed by atoms with van der Waals surface area (Å²) in [6, 6.07) is 72.3. The van der Waals surface area contributed by atoms with Crippen LogP contribution in [-0.2, 0) is 0 Å². The molecule has 13 rings (SSSR count). The van der Waals surface area contributed by atoms with Crippen LogP contribution in [0.5, 0.6) is 0 Å². The van der Waals surface area contributed by atoms with E-state index in [1.54, 1.807) is 0 Å². The predicted octanol–water partition coefficient (Wildman–Crippen LogP) is 13.5. The Hall–Kier alpha value is -7.89. The average Bonchev–Trinajstić information content (AvgIpc) is 4.00. The maximum absolute atomic E-state index is 5.47. The third-order valence-corrected chi connectivity index (χ3v) is 12.2. The molecule has 58 heavy (non-hydrogen) atoms. The van der Waals surface area contributed by atoms with Gasteiger partial charge in [0.1, 0.15) is 11.6 Å². The molecule has 0 atom stereocenters. The van der Waals surface area contributed by atoms with Crippen LogP contribution in [0.25, 0.3) is 110 Å². The fourth-order valence-electron chi connectivity index (χ4n) is 9.76. The molecule has 0 spiro atoms. The summed E-state index contributed by atoms with van der Waals surface area (Å²) < 4.78 is 9.47. The van der Waals surface area contributed by atoms with Gasteiger partial charge in [-0.25, -0.2) is 4.98 Å². The number of benzene rings is 8. The molecule has 5 heteroatoms. The minimum atomic E-state index is 0.876. The van der Waals surface area contributed by atoms with E-state index in [1.165, 1.54) is 59.6 Å². The molecule has 5 heterocycles. The quantitative estimate of drug-likeness (QED) is 0.177. The highest BCUT2D eigenvalue weighted by Gasteiger charge is 2.21. The van der Waals surface area contributed by atoms with Crippen LogP contribution in [0.3, 0.4) is 0 Å². The van der Waals surface area contributed by atoms with E-state index in [0.29, 0.717) is 0 Å². The Kier molecular flexibility index (Phi) is 6.38. The normalized spacial score (nSPS) is 12.1. The van der Waals surface area contributed by atoms with E-state index in [-0.39, 0.29) is 0 Å². The molecular formula is C53H33N5. The van der Waals surface area contributed by atoms with E-state index in [9.17, 15) is 0 Å². The van der Waals surface area contributed by atoms with Gasteiger partial charge >= 0.3 is 0 Å². The lowest BCUT2D eigenvalue weighted by Crippen LogP contribution is -2.03. The van der Waals surface area contributed by atoms with Crippen molar-refractivity contribution in [2.75, 3.05) is 0 Å². The minimum absolute atomic E-state index is 0.876. The molecule has 270 valence electrons. The van der Waals surface area contributed by atoms with Crippen LogP contribution in [0, 0.1) is 0 Å². The molecule has 0 saturated carbocycles. The van der Waals surface area contributed by atoms with Crippen LogP contribution in [0.15, 0.2) is 200 Å². The topological polar surface area (TPSA) is 32.6 Å². The zero-order valence-corrected chi connectivity index (χ0v) is 31.3. The van der Waals surface area contributed by atoms with Crippen molar-refractivity contribution < 1.29 is 0 Å². The van der Waals surface area contributed by atoms with Crippen molar-refractivity contribution >= 4 is 87.2 Å². The van der Waals surface area contributed by atoms with Gasteiger partial charge in [0.15, 0.2) is 0 Å². The Morgan fingerprint density at radius 2 is 0.534 bits per heavy atom. The molecule has 0 bridgehead atoms. The van der Waals surface area contributed by atoms with Gasteiger partial charge in [-0.15, -0.1) is 0 Å². The summed E-state index contributed by atoms with van der Waals surface area (Å²) in [6.45, 7) is 0. The molecule has 0 N–H and O–H groups in total. The highest BCUT2D eigenvalue weighted by Crippen LogP contribution is 2.41. The Morgan fingerprint density at radius 3 is 0.966 bits per heavy atom. The van der Waals surface area contributed by atoms with Gasteiger partial charge in [-0.05, 0) is 78.9 Å². The summed E-state index contributed by atoms with van der Waals surface area (Å²) >= 11 is 0. The van der Waals surface area contributed by atoms with Gasteiger partial charge in [-0.1, -0.05) is 121 Å². The van der Waals surface area contributed by atoms with Crippen LogP contribution < -0.4 is 0 Å². The zero-order valence-electron chi connectivity index (χ0n) is 31.3. The maximum atomic E-state index is 5.47. The average molecular weight is 740 g/mol. The number of hydrogen-bond acceptors (Lipinski definition) is 1. The van der Waals surface area contributed by atoms with E-state index >= 15 is 0 Å². The SMILES string of the molecule is c1cc(-n2c3ccccc3c3ccccc32)cc(-n2c3ccccc3c3cc4c5ccccc5n(-c5cccc(-n6c7ccccc7c7ccccc76)n5)c4cc32)c1. The monoisotopic (exact) mass is 739 g/mol. The third-order valence-electron chi connectivity index (χ3n) is 12.2. The van der Waals surface area contributed by atoms with Crippen LogP contribution in [0.4, 0.5) is 0 Å². The van der Waals surface area contributed by atoms with E-state index in [4.69, 9.17) is 4.98 Å². The first kappa shape index (κ1) is 31.3. The molecule has 0 fully saturated rings. The molecule has 0 aliphatic carbocycles. The van der Waals surface area contributed by atoms with Crippen molar-refractivity contribution in [3.05, 3.63) is 200 Å². The van der Waals surface area contributed by atoms with Crippen molar-refractivity contribution in [2.24, 2.45) is 0 Å². The van der Waals surface area contributed by atoms with Gasteiger partial charge in [0.25, 0.3) is 0 Å². The Labute approximate surface area is 332 Å². The largest absolute Gasteiger partial charge is 0.309 e. The Morgan fingerprint density at radius 1 is 0.224 bits per heavy atom. The van der Waals surface area contributed by atoms with E-state index < -0.39 is 0 Å². The summed E-state index contributed by atoms with van der Waals surface area (Å²) in [5.74, 6) is 1.76. The van der Waals surface area contributed by atoms with Crippen molar-refractivity contribution in [2.45, 2.75) is 0 Å². The molecule has 5 aromatic heterocycles. The van der Waals surface area contributed by atoms with Crippen LogP contribution in [-0.4, -0.2) is 23.3 Å². The van der Waals surface area contributed by atoms with E-state index in [1.807, 2.05) is 0 Å². The molecule has 13 aromatic rings. The van der Waals surface area contributed by atoms with Crippen molar-refractivity contribution in [3.63, 3.8) is 0 Å². The Bertz CT molecular complexity index is 3460. The lowest BCUT2D eigenvalue weighted by molar-refractivity contribution is 1.01. The lowest BCUT2D eigenvalue weighted by Gasteiger charge is -2.13. The van der Waals surface area contributed by atoms with Crippen molar-refractivity contribution in [3.8, 4) is 23.0 Å². The highest BCUT2D eigenvalue weighted by atomic mass is 15.1. The number of fused-ring (bicyclic) bond motifs is 12. The van der Waals surface area contributed by atoms with E-state index in [2.05, 4.69) is 218 Å². The number of hydrogen-bond donors (Lipinski definition) is 0. The van der Waals surface area contributed by atoms with Crippen molar-refractivity contribution in [1.29, 1.82) is 0 Å². The van der Waals surface area contributed by atoms with Gasteiger partial charge in [0.2, 0.25) is 0 Å². The molecule has 0 amide bonds. The first-order valence-corrected chi connectivity index (χ1v) is 19.8. The summed E-state index contributed by atoms with van der Waals surface area (Å²) in [5.41, 5.74) is 11.5. The molecular weight excluding hydrogens is 707 g/mol. The number of nitrogens with zero attached hydrogens (tertiary/aromatic N) is 5. The van der Waals surface area contributed by atoms with Gasteiger partial charge in [0.05, 0.1) is 44.1 Å². The fourth-order valence-corrected chi connectivity index (χ4v) is 9.76. The number of pyridine rings is 1. The summed E-state index contributed by atoms with van der Waals surface area (Å²) in [4.78, 5) is 5.47. The standard InChI is InChI=1S/C53H33N5/c1-7-23-44-36(17-1)37-18-2-8-24-45(37)55(44)34-15-13-16-35(31-34)56-46-25-9-5-21-40(46)42-32-43-41-22-6-12-28-49(41)58(51(43)33-50(42)56)53-30-14-29-52(54-53)57-47-26-10-3-19-38(47)39-20-4-11-27-48(39)57/h1-33H. The van der Waals surface area contributed by atoms with Crippen LogP contribution in [0.2, 0.25) is 0 Å². The number of rotatable bonds is 4. The predicted molar refractivity (Wildman–Crippen MR) is 242 cm³/mol. The van der Waals surface area contributed by atoms with Gasteiger partial charge in [-0.2, -0.15) is 0 Å². The second kappa shape index (κ2) is 11.8. The van der Waals surface area contributed by atoms with Crippen LogP contribution >= 0.6 is 0 Å². The second-order valence-corrected chi connectivity index (χ2v) is 15.2.